The van der Waals surface area contributed by atoms with Crippen molar-refractivity contribution >= 4 is 23.3 Å². The number of anilines is 2. The molecule has 0 aliphatic heterocycles. The molecule has 0 aliphatic rings. The lowest BCUT2D eigenvalue weighted by molar-refractivity contribution is -0.123. The van der Waals surface area contributed by atoms with Crippen LogP contribution in [0, 0.1) is 13.8 Å². The number of nitrogens with zero attached hydrogens (tertiary/aromatic N) is 2. The molecule has 1 aromatic heterocycles. The predicted octanol–water partition coefficient (Wildman–Crippen LogP) is 1.63. The van der Waals surface area contributed by atoms with Crippen molar-refractivity contribution < 1.29 is 19.4 Å². The summed E-state index contributed by atoms with van der Waals surface area (Å²) < 4.78 is 6.97. The van der Waals surface area contributed by atoms with Crippen molar-refractivity contribution in [2.24, 2.45) is 7.05 Å². The Morgan fingerprint density at radius 2 is 2.00 bits per heavy atom. The largest absolute Gasteiger partial charge is 0.449 e. The molecule has 0 saturated carbocycles. The molecule has 1 amide bonds. The number of aliphatic hydroxyl groups excluding tert-OH is 1. The fraction of sp³-hybridized carbons (Fsp3) is 0.389. The first kappa shape index (κ1) is 19.5. The van der Waals surface area contributed by atoms with Crippen LogP contribution in [0.3, 0.4) is 0 Å². The van der Waals surface area contributed by atoms with Crippen LogP contribution < -0.4 is 10.6 Å². The second-order valence-electron chi connectivity index (χ2n) is 5.90. The van der Waals surface area contributed by atoms with Gasteiger partial charge in [0.1, 0.15) is 0 Å². The molecule has 8 nitrogen and oxygen atoms in total. The van der Waals surface area contributed by atoms with Gasteiger partial charge in [-0.15, -0.1) is 0 Å². The molecule has 8 heteroatoms. The first-order chi connectivity index (χ1) is 12.3. The van der Waals surface area contributed by atoms with Crippen molar-refractivity contribution in [3.63, 3.8) is 0 Å². The first-order valence-corrected chi connectivity index (χ1v) is 8.31. The highest BCUT2D eigenvalue weighted by molar-refractivity contribution is 6.00. The van der Waals surface area contributed by atoms with Crippen molar-refractivity contribution in [3.05, 3.63) is 41.2 Å². The zero-order valence-electron chi connectivity index (χ0n) is 15.4. The molecule has 2 aromatic rings. The number of carbonyl (C=O) groups is 2. The minimum atomic E-state index is -0.979. The summed E-state index contributed by atoms with van der Waals surface area (Å²) in [5.74, 6) is -1.05. The maximum absolute atomic E-state index is 12.4. The summed E-state index contributed by atoms with van der Waals surface area (Å²) in [5.41, 5.74) is 2.96. The number of aliphatic hydroxyl groups is 1. The molecule has 1 aromatic carbocycles. The summed E-state index contributed by atoms with van der Waals surface area (Å²) in [6.07, 6.45) is -0.979. The van der Waals surface area contributed by atoms with Gasteiger partial charge in [0.2, 0.25) is 0 Å². The van der Waals surface area contributed by atoms with Gasteiger partial charge in [-0.05, 0) is 32.9 Å². The minimum absolute atomic E-state index is 0.0635. The number of esters is 1. The lowest BCUT2D eigenvalue weighted by Crippen LogP contribution is -2.30. The van der Waals surface area contributed by atoms with Crippen LogP contribution in [0.4, 0.5) is 11.4 Å². The summed E-state index contributed by atoms with van der Waals surface area (Å²) in [6.45, 7) is 5.39. The van der Waals surface area contributed by atoms with Gasteiger partial charge in [0.25, 0.3) is 5.91 Å². The molecule has 1 heterocycles. The summed E-state index contributed by atoms with van der Waals surface area (Å²) in [4.78, 5) is 24.8. The number of para-hydroxylation sites is 1. The van der Waals surface area contributed by atoms with E-state index < -0.39 is 18.0 Å². The van der Waals surface area contributed by atoms with Crippen LogP contribution in [-0.2, 0) is 16.6 Å². The number of ether oxygens (including phenoxy) is 1. The van der Waals surface area contributed by atoms with E-state index in [0.717, 1.165) is 5.69 Å². The van der Waals surface area contributed by atoms with Gasteiger partial charge in [-0.2, -0.15) is 5.10 Å². The zero-order chi connectivity index (χ0) is 19.3. The minimum Gasteiger partial charge on any atom is -0.449 e. The number of benzene rings is 1. The lowest BCUT2D eigenvalue weighted by atomic mass is 10.1. The Balaban J connectivity index is 2.06. The lowest BCUT2D eigenvalue weighted by Gasteiger charge is -2.15. The van der Waals surface area contributed by atoms with Gasteiger partial charge in [-0.25, -0.2) is 4.79 Å². The SMILES string of the molecule is Cc1nn(C)c(C)c1NC(=O)C(C)OC(=O)c1ccccc1NCCO. The smallest absolute Gasteiger partial charge is 0.341 e. The highest BCUT2D eigenvalue weighted by atomic mass is 16.5. The van der Waals surface area contributed by atoms with Crippen LogP contribution >= 0.6 is 0 Å². The van der Waals surface area contributed by atoms with Gasteiger partial charge < -0.3 is 20.5 Å². The fourth-order valence-corrected chi connectivity index (χ4v) is 2.46. The van der Waals surface area contributed by atoms with Crippen molar-refractivity contribution in [2.75, 3.05) is 23.8 Å². The molecule has 1 unspecified atom stereocenters. The second-order valence-corrected chi connectivity index (χ2v) is 5.90. The van der Waals surface area contributed by atoms with Gasteiger partial charge in [-0.1, -0.05) is 12.1 Å². The molecule has 0 bridgehead atoms. The van der Waals surface area contributed by atoms with E-state index in [1.807, 2.05) is 6.92 Å². The topological polar surface area (TPSA) is 105 Å². The molecule has 0 radical (unpaired) electrons. The monoisotopic (exact) mass is 360 g/mol. The summed E-state index contributed by atoms with van der Waals surface area (Å²) in [6, 6.07) is 6.77. The third-order valence-electron chi connectivity index (χ3n) is 3.98. The van der Waals surface area contributed by atoms with E-state index in [1.54, 1.807) is 42.9 Å². The van der Waals surface area contributed by atoms with E-state index in [0.29, 0.717) is 29.2 Å². The third-order valence-corrected chi connectivity index (χ3v) is 3.98. The zero-order valence-corrected chi connectivity index (χ0v) is 15.4. The summed E-state index contributed by atoms with van der Waals surface area (Å²) in [5, 5.41) is 18.9. The number of nitrogens with one attached hydrogen (secondary N) is 2. The van der Waals surface area contributed by atoms with Crippen LogP contribution in [0.1, 0.15) is 28.7 Å². The molecular weight excluding hydrogens is 336 g/mol. The Hall–Kier alpha value is -2.87. The number of aromatic nitrogens is 2. The van der Waals surface area contributed by atoms with Gasteiger partial charge in [-0.3, -0.25) is 9.48 Å². The van der Waals surface area contributed by atoms with Gasteiger partial charge >= 0.3 is 5.97 Å². The van der Waals surface area contributed by atoms with E-state index in [4.69, 9.17) is 9.84 Å². The molecule has 0 saturated heterocycles. The maximum Gasteiger partial charge on any atom is 0.341 e. The van der Waals surface area contributed by atoms with Crippen LogP contribution in [0.2, 0.25) is 0 Å². The fourth-order valence-electron chi connectivity index (χ4n) is 2.46. The van der Waals surface area contributed by atoms with E-state index in [9.17, 15) is 9.59 Å². The first-order valence-electron chi connectivity index (χ1n) is 8.31. The summed E-state index contributed by atoms with van der Waals surface area (Å²) in [7, 11) is 1.79. The van der Waals surface area contributed by atoms with Crippen molar-refractivity contribution in [2.45, 2.75) is 26.9 Å². The molecule has 0 aliphatic carbocycles. The Kier molecular flexibility index (Phi) is 6.35. The standard InChI is InChI=1S/C18H24N4O4/c1-11-16(12(2)22(4)21-11)20-17(24)13(3)26-18(25)14-7-5-6-8-15(14)19-9-10-23/h5-8,13,19,23H,9-10H2,1-4H3,(H,20,24). The Morgan fingerprint density at radius 1 is 1.31 bits per heavy atom. The van der Waals surface area contributed by atoms with Gasteiger partial charge in [0.05, 0.1) is 29.2 Å². The Morgan fingerprint density at radius 3 is 2.62 bits per heavy atom. The predicted molar refractivity (Wildman–Crippen MR) is 98.2 cm³/mol. The molecular formula is C18H24N4O4. The van der Waals surface area contributed by atoms with Gasteiger partial charge in [0.15, 0.2) is 6.10 Å². The number of amides is 1. The Labute approximate surface area is 152 Å². The number of hydrogen-bond acceptors (Lipinski definition) is 6. The molecule has 2 rings (SSSR count). The number of rotatable bonds is 7. The van der Waals surface area contributed by atoms with Crippen molar-refractivity contribution in [1.82, 2.24) is 9.78 Å². The highest BCUT2D eigenvalue weighted by Crippen LogP contribution is 2.20. The molecule has 0 fully saturated rings. The van der Waals surface area contributed by atoms with Crippen LogP contribution in [-0.4, -0.2) is 46.0 Å². The van der Waals surface area contributed by atoms with E-state index in [1.165, 1.54) is 6.92 Å². The van der Waals surface area contributed by atoms with E-state index in [2.05, 4.69) is 15.7 Å². The number of hydrogen-bond donors (Lipinski definition) is 3. The molecule has 140 valence electrons. The summed E-state index contributed by atoms with van der Waals surface area (Å²) >= 11 is 0. The second kappa shape index (κ2) is 8.48. The highest BCUT2D eigenvalue weighted by Gasteiger charge is 2.22. The van der Waals surface area contributed by atoms with Crippen LogP contribution in [0.25, 0.3) is 0 Å². The molecule has 26 heavy (non-hydrogen) atoms. The average molecular weight is 360 g/mol. The molecule has 3 N–H and O–H groups in total. The van der Waals surface area contributed by atoms with Gasteiger partial charge in [0, 0.05) is 19.3 Å². The van der Waals surface area contributed by atoms with E-state index >= 15 is 0 Å². The quantitative estimate of drug-likeness (QED) is 0.648. The average Bonchev–Trinajstić information content (AvgIpc) is 2.86. The number of carbonyl (C=O) groups excluding carboxylic acids is 2. The molecule has 0 spiro atoms. The van der Waals surface area contributed by atoms with Crippen LogP contribution in [0.5, 0.6) is 0 Å². The normalized spacial score (nSPS) is 11.7. The molecule has 1 atom stereocenters. The van der Waals surface area contributed by atoms with E-state index in [-0.39, 0.29) is 6.61 Å². The maximum atomic E-state index is 12.4. The van der Waals surface area contributed by atoms with Crippen molar-refractivity contribution in [1.29, 1.82) is 0 Å². The Bertz CT molecular complexity index is 800. The third kappa shape index (κ3) is 4.40. The van der Waals surface area contributed by atoms with Crippen LogP contribution in [0.15, 0.2) is 24.3 Å². The number of aryl methyl sites for hydroxylation is 2. The van der Waals surface area contributed by atoms with Crippen molar-refractivity contribution in [3.8, 4) is 0 Å².